The van der Waals surface area contributed by atoms with Crippen molar-refractivity contribution >= 4 is 23.4 Å². The van der Waals surface area contributed by atoms with E-state index in [1.807, 2.05) is 20.8 Å². The lowest BCUT2D eigenvalue weighted by Gasteiger charge is -2.23. The highest BCUT2D eigenvalue weighted by Crippen LogP contribution is 2.00. The maximum absolute atomic E-state index is 11.6. The third-order valence-electron chi connectivity index (χ3n) is 1.81. The first kappa shape index (κ1) is 15.2. The van der Waals surface area contributed by atoms with Crippen molar-refractivity contribution in [3.8, 4) is 0 Å². The van der Waals surface area contributed by atoms with Gasteiger partial charge in [0.15, 0.2) is 0 Å². The largest absolute Gasteiger partial charge is 0.350 e. The standard InChI is InChI=1S/C11H21ClN2O2/c1-8(10(16)14-11(2,3)4)13-9(15)6-5-7-12/h8H,5-7H2,1-4H3,(H,13,15)(H,14,16). The van der Waals surface area contributed by atoms with Crippen molar-refractivity contribution in [1.82, 2.24) is 10.6 Å². The first-order valence-electron chi connectivity index (χ1n) is 5.43. The predicted octanol–water partition coefficient (Wildman–Crippen LogP) is 1.42. The van der Waals surface area contributed by atoms with E-state index in [1.165, 1.54) is 0 Å². The van der Waals surface area contributed by atoms with E-state index < -0.39 is 6.04 Å². The molecule has 0 spiro atoms. The van der Waals surface area contributed by atoms with E-state index in [1.54, 1.807) is 6.92 Å². The summed E-state index contributed by atoms with van der Waals surface area (Å²) in [6.07, 6.45) is 0.984. The molecule has 0 bridgehead atoms. The maximum atomic E-state index is 11.6. The minimum atomic E-state index is -0.512. The molecule has 1 atom stereocenters. The average molecular weight is 249 g/mol. The number of halogens is 1. The van der Waals surface area contributed by atoms with Crippen LogP contribution in [0.3, 0.4) is 0 Å². The Morgan fingerprint density at radius 3 is 2.31 bits per heavy atom. The van der Waals surface area contributed by atoms with Crippen LogP contribution in [0.2, 0.25) is 0 Å². The summed E-state index contributed by atoms with van der Waals surface area (Å²) in [5.74, 6) is 0.139. The van der Waals surface area contributed by atoms with Gasteiger partial charge in [-0.05, 0) is 34.1 Å². The van der Waals surface area contributed by atoms with Crippen molar-refractivity contribution < 1.29 is 9.59 Å². The number of carbonyl (C=O) groups excluding carboxylic acids is 2. The molecular weight excluding hydrogens is 228 g/mol. The minimum Gasteiger partial charge on any atom is -0.350 e. The Morgan fingerprint density at radius 1 is 1.31 bits per heavy atom. The Labute approximate surface area is 102 Å². The lowest BCUT2D eigenvalue weighted by molar-refractivity contribution is -0.129. The Bertz CT molecular complexity index is 249. The lowest BCUT2D eigenvalue weighted by Crippen LogP contribution is -2.50. The summed E-state index contributed by atoms with van der Waals surface area (Å²) in [4.78, 5) is 22.9. The highest BCUT2D eigenvalue weighted by atomic mass is 35.5. The van der Waals surface area contributed by atoms with Gasteiger partial charge in [0, 0.05) is 17.8 Å². The zero-order chi connectivity index (χ0) is 12.8. The molecule has 0 aliphatic heterocycles. The van der Waals surface area contributed by atoms with E-state index in [0.717, 1.165) is 0 Å². The van der Waals surface area contributed by atoms with Gasteiger partial charge in [0.05, 0.1) is 0 Å². The number of hydrogen-bond donors (Lipinski definition) is 2. The summed E-state index contributed by atoms with van der Waals surface area (Å²) in [7, 11) is 0. The highest BCUT2D eigenvalue weighted by molar-refractivity contribution is 6.17. The minimum absolute atomic E-state index is 0.141. The van der Waals surface area contributed by atoms with Crippen LogP contribution < -0.4 is 10.6 Å². The van der Waals surface area contributed by atoms with E-state index in [-0.39, 0.29) is 17.4 Å². The van der Waals surface area contributed by atoms with E-state index in [0.29, 0.717) is 18.7 Å². The fourth-order valence-electron chi connectivity index (χ4n) is 1.08. The van der Waals surface area contributed by atoms with Crippen molar-refractivity contribution in [2.24, 2.45) is 0 Å². The van der Waals surface area contributed by atoms with Gasteiger partial charge in [0.1, 0.15) is 6.04 Å². The van der Waals surface area contributed by atoms with E-state index in [2.05, 4.69) is 10.6 Å². The van der Waals surface area contributed by atoms with Gasteiger partial charge in [0.25, 0.3) is 0 Å². The molecule has 0 aromatic carbocycles. The van der Waals surface area contributed by atoms with Gasteiger partial charge in [-0.2, -0.15) is 0 Å². The Kier molecular flexibility index (Phi) is 6.41. The molecule has 0 aromatic heterocycles. The molecular formula is C11H21ClN2O2. The topological polar surface area (TPSA) is 58.2 Å². The first-order chi connectivity index (χ1) is 7.26. The quantitative estimate of drug-likeness (QED) is 0.723. The number of alkyl halides is 1. The molecule has 5 heteroatoms. The second-order valence-electron chi connectivity index (χ2n) is 4.82. The number of rotatable bonds is 5. The molecule has 0 saturated carbocycles. The summed E-state index contributed by atoms with van der Waals surface area (Å²) in [6.45, 7) is 7.35. The van der Waals surface area contributed by atoms with Gasteiger partial charge in [-0.3, -0.25) is 9.59 Å². The summed E-state index contributed by atoms with van der Waals surface area (Å²) < 4.78 is 0. The zero-order valence-electron chi connectivity index (χ0n) is 10.4. The third kappa shape index (κ3) is 7.51. The van der Waals surface area contributed by atoms with Crippen LogP contribution in [0.15, 0.2) is 0 Å². The van der Waals surface area contributed by atoms with Crippen LogP contribution in [0, 0.1) is 0 Å². The Balaban J connectivity index is 4.01. The van der Waals surface area contributed by atoms with Gasteiger partial charge >= 0.3 is 0 Å². The van der Waals surface area contributed by atoms with Crippen molar-refractivity contribution in [3.05, 3.63) is 0 Å². The molecule has 1 unspecified atom stereocenters. The van der Waals surface area contributed by atoms with Crippen molar-refractivity contribution in [1.29, 1.82) is 0 Å². The van der Waals surface area contributed by atoms with Gasteiger partial charge in [-0.15, -0.1) is 11.6 Å². The normalized spacial score (nSPS) is 13.1. The first-order valence-corrected chi connectivity index (χ1v) is 5.97. The predicted molar refractivity (Wildman–Crippen MR) is 65.5 cm³/mol. The van der Waals surface area contributed by atoms with Crippen LogP contribution in [0.5, 0.6) is 0 Å². The number of amides is 2. The second kappa shape index (κ2) is 6.74. The summed E-state index contributed by atoms with van der Waals surface area (Å²) in [5.41, 5.74) is -0.286. The van der Waals surface area contributed by atoms with Crippen LogP contribution in [0.4, 0.5) is 0 Å². The molecule has 0 rings (SSSR count). The van der Waals surface area contributed by atoms with E-state index in [9.17, 15) is 9.59 Å². The van der Waals surface area contributed by atoms with Crippen LogP contribution in [-0.2, 0) is 9.59 Å². The summed E-state index contributed by atoms with van der Waals surface area (Å²) in [6, 6.07) is -0.512. The summed E-state index contributed by atoms with van der Waals surface area (Å²) in [5, 5.41) is 5.43. The molecule has 0 aliphatic carbocycles. The zero-order valence-corrected chi connectivity index (χ0v) is 11.1. The van der Waals surface area contributed by atoms with Gasteiger partial charge < -0.3 is 10.6 Å². The molecule has 0 fully saturated rings. The molecule has 94 valence electrons. The molecule has 4 nitrogen and oxygen atoms in total. The van der Waals surface area contributed by atoms with Crippen molar-refractivity contribution in [2.75, 3.05) is 5.88 Å². The van der Waals surface area contributed by atoms with Crippen LogP contribution in [0.25, 0.3) is 0 Å². The van der Waals surface area contributed by atoms with Gasteiger partial charge in [-0.25, -0.2) is 0 Å². The van der Waals surface area contributed by atoms with Gasteiger partial charge in [0.2, 0.25) is 11.8 Å². The van der Waals surface area contributed by atoms with E-state index >= 15 is 0 Å². The lowest BCUT2D eigenvalue weighted by atomic mass is 10.1. The molecule has 2 amide bonds. The summed E-state index contributed by atoms with van der Waals surface area (Å²) >= 11 is 5.47. The molecule has 0 radical (unpaired) electrons. The number of carbonyl (C=O) groups is 2. The van der Waals surface area contributed by atoms with Gasteiger partial charge in [-0.1, -0.05) is 0 Å². The molecule has 0 saturated heterocycles. The number of hydrogen-bond acceptors (Lipinski definition) is 2. The highest BCUT2D eigenvalue weighted by Gasteiger charge is 2.20. The number of nitrogens with one attached hydrogen (secondary N) is 2. The average Bonchev–Trinajstić information content (AvgIpc) is 2.11. The van der Waals surface area contributed by atoms with E-state index in [4.69, 9.17) is 11.6 Å². The molecule has 0 aliphatic rings. The second-order valence-corrected chi connectivity index (χ2v) is 5.20. The van der Waals surface area contributed by atoms with Crippen LogP contribution in [0.1, 0.15) is 40.5 Å². The Morgan fingerprint density at radius 2 is 1.88 bits per heavy atom. The molecule has 16 heavy (non-hydrogen) atoms. The smallest absolute Gasteiger partial charge is 0.242 e. The third-order valence-corrected chi connectivity index (χ3v) is 2.07. The fourth-order valence-corrected chi connectivity index (χ4v) is 1.22. The molecule has 0 aromatic rings. The monoisotopic (exact) mass is 248 g/mol. The van der Waals surface area contributed by atoms with Crippen LogP contribution >= 0.6 is 11.6 Å². The van der Waals surface area contributed by atoms with Crippen LogP contribution in [-0.4, -0.2) is 29.3 Å². The SMILES string of the molecule is CC(NC(=O)CCCCl)C(=O)NC(C)(C)C. The van der Waals surface area contributed by atoms with Crippen molar-refractivity contribution in [2.45, 2.75) is 52.1 Å². The molecule has 2 N–H and O–H groups in total. The Hall–Kier alpha value is -0.770. The van der Waals surface area contributed by atoms with Crippen molar-refractivity contribution in [3.63, 3.8) is 0 Å². The fraction of sp³-hybridized carbons (Fsp3) is 0.818. The maximum Gasteiger partial charge on any atom is 0.242 e. The molecule has 0 heterocycles.